The number of primary amides is 1. The first-order valence-corrected chi connectivity index (χ1v) is 9.14. The van der Waals surface area contributed by atoms with E-state index >= 15 is 0 Å². The fraction of sp³-hybridized carbons (Fsp3) is 0.526. The van der Waals surface area contributed by atoms with Gasteiger partial charge in [-0.05, 0) is 25.5 Å². The largest absolute Gasteiger partial charge is 0.436 e. The van der Waals surface area contributed by atoms with E-state index < -0.39 is 29.7 Å². The predicted octanol–water partition coefficient (Wildman–Crippen LogP) is 1.16. The number of nitrogens with one attached hydrogen (secondary N) is 2. The third-order valence-corrected chi connectivity index (χ3v) is 5.23. The zero-order valence-corrected chi connectivity index (χ0v) is 15.8. The van der Waals surface area contributed by atoms with Crippen molar-refractivity contribution < 1.29 is 19.1 Å². The van der Waals surface area contributed by atoms with Gasteiger partial charge in [0.1, 0.15) is 6.04 Å². The molecule has 0 unspecified atom stereocenters. The third kappa shape index (κ3) is 3.49. The van der Waals surface area contributed by atoms with Crippen molar-refractivity contribution in [3.8, 4) is 0 Å². The summed E-state index contributed by atoms with van der Waals surface area (Å²) >= 11 is 0. The molecule has 0 saturated carbocycles. The van der Waals surface area contributed by atoms with Crippen molar-refractivity contribution in [1.82, 2.24) is 10.2 Å². The number of para-hydroxylation sites is 1. The molecule has 2 aliphatic rings. The molecule has 0 aromatic heterocycles. The van der Waals surface area contributed by atoms with Crippen LogP contribution in [0.3, 0.4) is 0 Å². The van der Waals surface area contributed by atoms with Crippen molar-refractivity contribution in [2.24, 2.45) is 11.7 Å². The predicted molar refractivity (Wildman–Crippen MR) is 99.8 cm³/mol. The molecule has 2 heterocycles. The third-order valence-electron chi connectivity index (χ3n) is 5.23. The number of carbonyl (C=O) groups excluding carboxylic acids is 3. The second kappa shape index (κ2) is 7.19. The Kier molecular flexibility index (Phi) is 5.10. The van der Waals surface area contributed by atoms with Gasteiger partial charge in [0.2, 0.25) is 11.8 Å². The molecule has 1 aromatic rings. The summed E-state index contributed by atoms with van der Waals surface area (Å²) in [6.07, 6.45) is 0.178. The van der Waals surface area contributed by atoms with Crippen LogP contribution in [-0.4, -0.2) is 48.5 Å². The molecule has 1 aromatic carbocycles. The monoisotopic (exact) mass is 374 g/mol. The van der Waals surface area contributed by atoms with Gasteiger partial charge in [0.25, 0.3) is 0 Å². The smallest absolute Gasteiger partial charge is 0.412 e. The molecule has 3 amide bonds. The number of ether oxygens (including phenoxy) is 1. The lowest BCUT2D eigenvalue weighted by molar-refractivity contribution is -0.139. The van der Waals surface area contributed by atoms with Gasteiger partial charge in [-0.2, -0.15) is 0 Å². The number of hydrogen-bond donors (Lipinski definition) is 3. The molecule has 0 bridgehead atoms. The van der Waals surface area contributed by atoms with Crippen LogP contribution in [0.1, 0.15) is 32.3 Å². The molecule has 2 aliphatic heterocycles. The van der Waals surface area contributed by atoms with E-state index in [1.165, 1.54) is 4.90 Å². The summed E-state index contributed by atoms with van der Waals surface area (Å²) in [4.78, 5) is 38.8. The summed E-state index contributed by atoms with van der Waals surface area (Å²) in [6.45, 7) is 4.15. The first-order chi connectivity index (χ1) is 12.8. The molecule has 146 valence electrons. The maximum absolute atomic E-state index is 13.1. The molecule has 3 rings (SSSR count). The average Bonchev–Trinajstić information content (AvgIpc) is 2.99. The van der Waals surface area contributed by atoms with E-state index in [0.717, 1.165) is 5.56 Å². The van der Waals surface area contributed by atoms with Gasteiger partial charge in [-0.25, -0.2) is 4.79 Å². The molecule has 27 heavy (non-hydrogen) atoms. The minimum Gasteiger partial charge on any atom is -0.436 e. The topological polar surface area (TPSA) is 114 Å². The number of amides is 3. The molecule has 0 radical (unpaired) electrons. The zero-order chi connectivity index (χ0) is 19.8. The van der Waals surface area contributed by atoms with Crippen LogP contribution >= 0.6 is 0 Å². The van der Waals surface area contributed by atoms with Crippen LogP contribution in [0.15, 0.2) is 24.3 Å². The van der Waals surface area contributed by atoms with Crippen molar-refractivity contribution >= 4 is 23.6 Å². The van der Waals surface area contributed by atoms with Gasteiger partial charge in [0.05, 0.1) is 18.3 Å². The van der Waals surface area contributed by atoms with E-state index in [2.05, 4.69) is 10.6 Å². The van der Waals surface area contributed by atoms with Crippen molar-refractivity contribution in [2.75, 3.05) is 18.9 Å². The number of nitrogens with two attached hydrogens (primary N) is 1. The molecule has 1 spiro atoms. The second-order valence-electron chi connectivity index (χ2n) is 7.61. The SMILES string of the molecule is CN[C@@H](CC(C)C)C(=O)N1C[C@]2(C[C@H]1C(N)=O)OC(=O)Nc1ccccc12. The summed E-state index contributed by atoms with van der Waals surface area (Å²) in [7, 11) is 1.72. The summed E-state index contributed by atoms with van der Waals surface area (Å²) in [5, 5.41) is 5.69. The van der Waals surface area contributed by atoms with Gasteiger partial charge in [-0.1, -0.05) is 32.0 Å². The first kappa shape index (κ1) is 19.2. The Hall–Kier alpha value is -2.61. The van der Waals surface area contributed by atoms with Gasteiger partial charge in [0, 0.05) is 12.0 Å². The van der Waals surface area contributed by atoms with E-state index in [1.807, 2.05) is 26.0 Å². The highest BCUT2D eigenvalue weighted by Gasteiger charge is 2.54. The molecule has 1 saturated heterocycles. The maximum atomic E-state index is 13.1. The lowest BCUT2D eigenvalue weighted by Gasteiger charge is -2.35. The number of likely N-dealkylation sites (tertiary alicyclic amines) is 1. The summed E-state index contributed by atoms with van der Waals surface area (Å²) in [5.74, 6) is -0.516. The number of hydrogen-bond acceptors (Lipinski definition) is 5. The molecule has 0 aliphatic carbocycles. The highest BCUT2D eigenvalue weighted by Crippen LogP contribution is 2.45. The van der Waals surface area contributed by atoms with Gasteiger partial charge in [0.15, 0.2) is 5.60 Å². The molecule has 1 fully saturated rings. The molecular formula is C19H26N4O4. The Labute approximate surface area is 158 Å². The van der Waals surface area contributed by atoms with Crippen molar-refractivity contribution in [3.63, 3.8) is 0 Å². The Balaban J connectivity index is 1.97. The highest BCUT2D eigenvalue weighted by molar-refractivity contribution is 5.92. The number of anilines is 1. The van der Waals surface area contributed by atoms with E-state index in [-0.39, 0.29) is 18.9 Å². The lowest BCUT2D eigenvalue weighted by atomic mass is 9.88. The van der Waals surface area contributed by atoms with Crippen LogP contribution in [0.2, 0.25) is 0 Å². The van der Waals surface area contributed by atoms with Gasteiger partial charge >= 0.3 is 6.09 Å². The lowest BCUT2D eigenvalue weighted by Crippen LogP contribution is -2.51. The van der Waals surface area contributed by atoms with Crippen LogP contribution in [0.5, 0.6) is 0 Å². The first-order valence-electron chi connectivity index (χ1n) is 9.14. The molecule has 8 nitrogen and oxygen atoms in total. The Morgan fingerprint density at radius 3 is 2.74 bits per heavy atom. The fourth-order valence-corrected chi connectivity index (χ4v) is 4.00. The van der Waals surface area contributed by atoms with Crippen molar-refractivity contribution in [3.05, 3.63) is 29.8 Å². The van der Waals surface area contributed by atoms with Crippen molar-refractivity contribution in [1.29, 1.82) is 0 Å². The summed E-state index contributed by atoms with van der Waals surface area (Å²) in [5.41, 5.74) is 5.90. The van der Waals surface area contributed by atoms with Gasteiger partial charge in [-0.15, -0.1) is 0 Å². The number of fused-ring (bicyclic) bond motifs is 2. The zero-order valence-electron chi connectivity index (χ0n) is 15.8. The van der Waals surface area contributed by atoms with Crippen LogP contribution < -0.4 is 16.4 Å². The minimum atomic E-state index is -1.08. The van der Waals surface area contributed by atoms with Crippen LogP contribution in [0.25, 0.3) is 0 Å². The van der Waals surface area contributed by atoms with E-state index in [9.17, 15) is 14.4 Å². The molecular weight excluding hydrogens is 348 g/mol. The summed E-state index contributed by atoms with van der Waals surface area (Å²) < 4.78 is 5.64. The van der Waals surface area contributed by atoms with Gasteiger partial charge < -0.3 is 20.7 Å². The Bertz CT molecular complexity index is 766. The Morgan fingerprint density at radius 2 is 2.11 bits per heavy atom. The fourth-order valence-electron chi connectivity index (χ4n) is 4.00. The van der Waals surface area contributed by atoms with Gasteiger partial charge in [-0.3, -0.25) is 14.9 Å². The van der Waals surface area contributed by atoms with E-state index in [1.54, 1.807) is 19.2 Å². The van der Waals surface area contributed by atoms with Crippen molar-refractivity contribution in [2.45, 2.75) is 44.4 Å². The van der Waals surface area contributed by atoms with E-state index in [4.69, 9.17) is 10.5 Å². The molecule has 3 atom stereocenters. The average molecular weight is 374 g/mol. The molecule has 8 heteroatoms. The number of benzene rings is 1. The number of nitrogens with zero attached hydrogens (tertiary/aromatic N) is 1. The Morgan fingerprint density at radius 1 is 1.41 bits per heavy atom. The minimum absolute atomic E-state index is 0.0974. The number of likely N-dealkylation sites (N-methyl/N-ethyl adjacent to an activating group) is 1. The second-order valence-corrected chi connectivity index (χ2v) is 7.61. The summed E-state index contributed by atoms with van der Waals surface area (Å²) in [6, 6.07) is 5.98. The number of rotatable bonds is 5. The molecule has 4 N–H and O–H groups in total. The van der Waals surface area contributed by atoms with Crippen LogP contribution in [-0.2, 0) is 19.9 Å². The normalized spacial score (nSPS) is 25.1. The number of carbonyl (C=O) groups is 3. The standard InChI is InChI=1S/C19H26N4O4/c1-11(2)8-14(21-3)17(25)23-10-19(9-15(23)16(20)24)12-6-4-5-7-13(12)22-18(26)27-19/h4-7,11,14-15,21H,8-10H2,1-3H3,(H2,20,24)(H,22,26)/t14-,15-,19-/m0/s1. The maximum Gasteiger partial charge on any atom is 0.412 e. The van der Waals surface area contributed by atoms with Crippen LogP contribution in [0, 0.1) is 5.92 Å². The quantitative estimate of drug-likeness (QED) is 0.716. The highest BCUT2D eigenvalue weighted by atomic mass is 16.6. The van der Waals surface area contributed by atoms with E-state index in [0.29, 0.717) is 18.0 Å². The van der Waals surface area contributed by atoms with Crippen LogP contribution in [0.4, 0.5) is 10.5 Å².